The minimum absolute atomic E-state index is 0. The van der Waals surface area contributed by atoms with Gasteiger partial charge in [0, 0.05) is 38.8 Å². The first-order valence-electron chi connectivity index (χ1n) is 0.894. The average molecular weight is 258 g/mol. The van der Waals surface area contributed by atoms with E-state index in [0.29, 0.717) is 0 Å². The molecule has 0 aliphatic rings. The Labute approximate surface area is 121 Å². The molecule has 5 nitrogen and oxygen atoms in total. The van der Waals surface area contributed by atoms with Crippen LogP contribution in [-0.4, -0.2) is 85.1 Å². The van der Waals surface area contributed by atoms with Crippen LogP contribution >= 0.6 is 0 Å². The van der Waals surface area contributed by atoms with Gasteiger partial charge in [0.25, 0.3) is 0 Å². The van der Waals surface area contributed by atoms with E-state index in [0.717, 1.165) is 0 Å². The predicted molar refractivity (Wildman–Crippen MR) is 25.4 cm³/mol. The SMILES string of the molecule is O.O[Si](O)(O)O.[Fe].[KH].[Ti]. The van der Waals surface area contributed by atoms with E-state index in [-0.39, 0.29) is 95.6 Å². The minimum atomic E-state index is -4.61. The summed E-state index contributed by atoms with van der Waals surface area (Å²) in [6, 6.07) is 0. The van der Waals surface area contributed by atoms with Crippen molar-refractivity contribution in [3.05, 3.63) is 0 Å². The first-order valence-corrected chi connectivity index (χ1v) is 2.68. The Hall–Kier alpha value is 2.89. The van der Waals surface area contributed by atoms with Crippen LogP contribution in [0.25, 0.3) is 0 Å². The van der Waals surface area contributed by atoms with Gasteiger partial charge in [-0.1, -0.05) is 0 Å². The molecule has 0 saturated carbocycles. The second kappa shape index (κ2) is 13.5. The summed E-state index contributed by atoms with van der Waals surface area (Å²) >= 11 is 0. The van der Waals surface area contributed by atoms with Gasteiger partial charge in [-0.15, -0.1) is 0 Å². The molecule has 0 aliphatic carbocycles. The molecular weight excluding hydrogens is 251 g/mol. The number of rotatable bonds is 0. The van der Waals surface area contributed by atoms with Crippen LogP contribution in [0.15, 0.2) is 0 Å². The van der Waals surface area contributed by atoms with Gasteiger partial charge in [0.2, 0.25) is 0 Å². The van der Waals surface area contributed by atoms with E-state index in [1.165, 1.54) is 0 Å². The summed E-state index contributed by atoms with van der Waals surface area (Å²) in [6.07, 6.45) is 0. The summed E-state index contributed by atoms with van der Waals surface area (Å²) in [4.78, 5) is 29.3. The molecule has 0 rings (SSSR count). The molecule has 9 heteroatoms. The van der Waals surface area contributed by atoms with E-state index < -0.39 is 9.05 Å². The fourth-order valence-electron chi connectivity index (χ4n) is 0. The van der Waals surface area contributed by atoms with Crippen molar-refractivity contribution in [3.63, 3.8) is 0 Å². The maximum atomic E-state index is 7.33. The van der Waals surface area contributed by atoms with Crippen molar-refractivity contribution in [2.75, 3.05) is 0 Å². The zero-order chi connectivity index (χ0) is 4.50. The molecule has 0 bridgehead atoms. The van der Waals surface area contributed by atoms with Crippen molar-refractivity contribution in [3.8, 4) is 0 Å². The Morgan fingerprint density at radius 3 is 0.889 bits per heavy atom. The molecule has 0 radical (unpaired) electrons. The Morgan fingerprint density at radius 2 is 0.889 bits per heavy atom. The summed E-state index contributed by atoms with van der Waals surface area (Å²) in [6.45, 7) is 0. The Kier molecular flexibility index (Phi) is 44.5. The molecule has 0 unspecified atom stereocenters. The first-order chi connectivity index (χ1) is 2.00. The van der Waals surface area contributed by atoms with Crippen LogP contribution in [0, 0.1) is 0 Å². The second-order valence-electron chi connectivity index (χ2n) is 0.600. The van der Waals surface area contributed by atoms with Crippen LogP contribution in [-0.2, 0) is 38.8 Å². The molecule has 54 valence electrons. The molecule has 9 heavy (non-hydrogen) atoms. The Balaban J connectivity index is -0.0000000133. The van der Waals surface area contributed by atoms with Gasteiger partial charge >= 0.3 is 60.4 Å². The van der Waals surface area contributed by atoms with Crippen LogP contribution in [0.1, 0.15) is 0 Å². The van der Waals surface area contributed by atoms with Gasteiger partial charge in [0.1, 0.15) is 0 Å². The van der Waals surface area contributed by atoms with E-state index in [1.807, 2.05) is 0 Å². The molecule has 6 N–H and O–H groups in total. The van der Waals surface area contributed by atoms with Gasteiger partial charge < -0.3 is 24.7 Å². The van der Waals surface area contributed by atoms with Gasteiger partial charge in [-0.3, -0.25) is 0 Å². The Bertz CT molecular complexity index is 32.4. The molecule has 0 aromatic heterocycles. The molecule has 0 amide bonds. The van der Waals surface area contributed by atoms with Crippen molar-refractivity contribution in [1.29, 1.82) is 0 Å². The van der Waals surface area contributed by atoms with Gasteiger partial charge in [-0.05, 0) is 0 Å². The van der Waals surface area contributed by atoms with Crippen LogP contribution in [0.5, 0.6) is 0 Å². The van der Waals surface area contributed by atoms with Gasteiger partial charge in [0.05, 0.1) is 0 Å². The Morgan fingerprint density at radius 1 is 0.889 bits per heavy atom. The van der Waals surface area contributed by atoms with E-state index in [2.05, 4.69) is 0 Å². The normalized spacial score (nSPS) is 6.67. The van der Waals surface area contributed by atoms with E-state index in [1.54, 1.807) is 0 Å². The third kappa shape index (κ3) is 103. The van der Waals surface area contributed by atoms with Gasteiger partial charge in [-0.2, -0.15) is 0 Å². The van der Waals surface area contributed by atoms with E-state index >= 15 is 0 Å². The topological polar surface area (TPSA) is 112 Å². The largest absolute Gasteiger partial charge is 0 e. The standard InChI is InChI=1S/Fe.K.H4O4Si.H2O.Ti.H/c;;1-5(2,3)4;;;/h;;1-4H;1H2;;. The fourth-order valence-corrected chi connectivity index (χ4v) is 0. The number of hydrogen-bond donors (Lipinski definition) is 4. The molecule has 0 fully saturated rings. The zero-order valence-corrected chi connectivity index (χ0v) is 7.31. The second-order valence-corrected chi connectivity index (χ2v) is 1.80. The van der Waals surface area contributed by atoms with Crippen LogP contribution in [0.4, 0.5) is 0 Å². The van der Waals surface area contributed by atoms with Gasteiger partial charge in [-0.25, -0.2) is 0 Å². The van der Waals surface area contributed by atoms with Crippen molar-refractivity contribution in [2.24, 2.45) is 0 Å². The molecule has 0 aliphatic heterocycles. The van der Waals surface area contributed by atoms with Crippen LogP contribution in [0.2, 0.25) is 0 Å². The zero-order valence-electron chi connectivity index (χ0n) is 3.64. The maximum absolute atomic E-state index is 7.33. The predicted octanol–water partition coefficient (Wildman–Crippen LogP) is -4.09. The summed E-state index contributed by atoms with van der Waals surface area (Å²) < 4.78 is 0. The molecule has 0 spiro atoms. The van der Waals surface area contributed by atoms with Crippen molar-refractivity contribution < 1.29 is 63.4 Å². The van der Waals surface area contributed by atoms with Crippen LogP contribution in [0.3, 0.4) is 0 Å². The molecule has 0 saturated heterocycles. The molecular formula is H7FeKO5SiTi. The quantitative estimate of drug-likeness (QED) is 0.331. The van der Waals surface area contributed by atoms with E-state index in [9.17, 15) is 0 Å². The fraction of sp³-hybridized carbons (Fsp3) is 0. The molecule has 0 aromatic rings. The summed E-state index contributed by atoms with van der Waals surface area (Å²) in [5, 5.41) is 0. The molecule has 0 aromatic carbocycles. The molecule has 0 atom stereocenters. The van der Waals surface area contributed by atoms with Crippen LogP contribution < -0.4 is 0 Å². The van der Waals surface area contributed by atoms with E-state index in [4.69, 9.17) is 19.2 Å². The van der Waals surface area contributed by atoms with Crippen molar-refractivity contribution >= 4 is 60.4 Å². The summed E-state index contributed by atoms with van der Waals surface area (Å²) in [7, 11) is -4.61. The minimum Gasteiger partial charge on any atom is 0 e. The average Bonchev–Trinajstić information content (AvgIpc) is 0.722. The smallest absolute Gasteiger partial charge is 0 e. The van der Waals surface area contributed by atoms with Crippen molar-refractivity contribution in [2.45, 2.75) is 0 Å². The first kappa shape index (κ1) is 29.7. The third-order valence-corrected chi connectivity index (χ3v) is 0. The third-order valence-electron chi connectivity index (χ3n) is 0. The summed E-state index contributed by atoms with van der Waals surface area (Å²) in [5.74, 6) is 0. The molecule has 0 heterocycles. The summed E-state index contributed by atoms with van der Waals surface area (Å²) in [5.41, 5.74) is 0. The van der Waals surface area contributed by atoms with Crippen molar-refractivity contribution in [1.82, 2.24) is 0 Å². The van der Waals surface area contributed by atoms with Gasteiger partial charge in [0.15, 0.2) is 0 Å². The monoisotopic (exact) mass is 258 g/mol. The maximum Gasteiger partial charge on any atom is 0 e. The number of hydrogen-bond acceptors (Lipinski definition) is 4.